The molecule has 0 aliphatic carbocycles. The summed E-state index contributed by atoms with van der Waals surface area (Å²) in [5, 5.41) is 3.34. The van der Waals surface area contributed by atoms with Crippen molar-refractivity contribution in [2.45, 2.75) is 0 Å². The van der Waals surface area contributed by atoms with Crippen molar-refractivity contribution >= 4 is 60.7 Å². The van der Waals surface area contributed by atoms with E-state index in [4.69, 9.17) is 17.3 Å². The average molecular weight is 404 g/mol. The van der Waals surface area contributed by atoms with Crippen molar-refractivity contribution in [2.24, 2.45) is 0 Å². The number of nitrogens with one attached hydrogen (secondary N) is 1. The van der Waals surface area contributed by atoms with E-state index in [1.165, 1.54) is 0 Å². The zero-order valence-electron chi connectivity index (χ0n) is 9.58. The van der Waals surface area contributed by atoms with Crippen molar-refractivity contribution in [3.8, 4) is 0 Å². The van der Waals surface area contributed by atoms with Crippen molar-refractivity contribution in [3.05, 3.63) is 55.9 Å². The summed E-state index contributed by atoms with van der Waals surface area (Å²) in [5.74, 6) is -0.231. The van der Waals surface area contributed by atoms with E-state index >= 15 is 0 Å². The molecule has 0 bridgehead atoms. The maximum Gasteiger partial charge on any atom is 0.256 e. The van der Waals surface area contributed by atoms with E-state index in [2.05, 4.69) is 37.2 Å². The van der Waals surface area contributed by atoms with E-state index in [9.17, 15) is 4.79 Å². The maximum atomic E-state index is 12.1. The molecule has 2 rings (SSSR count). The molecule has 0 unspecified atom stereocenters. The molecule has 1 amide bonds. The lowest BCUT2D eigenvalue weighted by Gasteiger charge is -2.08. The first kappa shape index (κ1) is 14.4. The highest BCUT2D eigenvalue weighted by Gasteiger charge is 2.11. The van der Waals surface area contributed by atoms with Crippen molar-refractivity contribution in [1.29, 1.82) is 0 Å². The Labute approximate surface area is 132 Å². The summed E-state index contributed by atoms with van der Waals surface area (Å²) < 4.78 is 1.43. The van der Waals surface area contributed by atoms with Crippen LogP contribution in [-0.4, -0.2) is 5.91 Å². The van der Waals surface area contributed by atoms with Crippen LogP contribution in [0.1, 0.15) is 10.4 Å². The van der Waals surface area contributed by atoms with Gasteiger partial charge in [-0.3, -0.25) is 4.79 Å². The van der Waals surface area contributed by atoms with Crippen LogP contribution in [0.5, 0.6) is 0 Å². The molecule has 98 valence electrons. The highest BCUT2D eigenvalue weighted by atomic mass is 79.9. The second kappa shape index (κ2) is 5.94. The predicted octanol–water partition coefficient (Wildman–Crippen LogP) is 4.70. The fourth-order valence-electron chi connectivity index (χ4n) is 1.49. The Kier molecular flexibility index (Phi) is 4.50. The van der Waals surface area contributed by atoms with Gasteiger partial charge in [-0.15, -0.1) is 0 Å². The van der Waals surface area contributed by atoms with Crippen LogP contribution < -0.4 is 11.1 Å². The largest absolute Gasteiger partial charge is 0.398 e. The molecule has 2 aromatic rings. The van der Waals surface area contributed by atoms with Crippen LogP contribution >= 0.6 is 43.5 Å². The van der Waals surface area contributed by atoms with Gasteiger partial charge >= 0.3 is 0 Å². The van der Waals surface area contributed by atoms with Gasteiger partial charge in [-0.1, -0.05) is 11.6 Å². The molecule has 0 fully saturated rings. The minimum absolute atomic E-state index is 0.231. The second-order valence-electron chi connectivity index (χ2n) is 3.81. The molecule has 0 spiro atoms. The lowest BCUT2D eigenvalue weighted by Crippen LogP contribution is -2.12. The Morgan fingerprint density at radius 3 is 2.47 bits per heavy atom. The van der Waals surface area contributed by atoms with Gasteiger partial charge in [0.2, 0.25) is 0 Å². The molecule has 0 saturated carbocycles. The predicted molar refractivity (Wildman–Crippen MR) is 85.7 cm³/mol. The first-order valence-electron chi connectivity index (χ1n) is 5.29. The Bertz CT molecular complexity index is 647. The number of carbonyl (C=O) groups excluding carboxylic acids is 1. The summed E-state index contributed by atoms with van der Waals surface area (Å²) in [6, 6.07) is 10.2. The fraction of sp³-hybridized carbons (Fsp3) is 0. The van der Waals surface area contributed by atoms with Crippen LogP contribution in [0.2, 0.25) is 5.02 Å². The summed E-state index contributed by atoms with van der Waals surface area (Å²) in [6.45, 7) is 0. The minimum Gasteiger partial charge on any atom is -0.398 e. The van der Waals surface area contributed by atoms with E-state index in [-0.39, 0.29) is 5.91 Å². The molecule has 19 heavy (non-hydrogen) atoms. The molecular weight excluding hydrogens is 395 g/mol. The highest BCUT2D eigenvalue weighted by molar-refractivity contribution is 9.11. The molecule has 0 heterocycles. The smallest absolute Gasteiger partial charge is 0.256 e. The number of nitrogens with two attached hydrogens (primary N) is 1. The average Bonchev–Trinajstić information content (AvgIpc) is 2.33. The van der Waals surface area contributed by atoms with Gasteiger partial charge in [0.05, 0.1) is 5.56 Å². The van der Waals surface area contributed by atoms with Crippen molar-refractivity contribution in [2.75, 3.05) is 11.1 Å². The third kappa shape index (κ3) is 3.49. The molecule has 3 nitrogen and oxygen atoms in total. The zero-order valence-corrected chi connectivity index (χ0v) is 13.5. The number of amides is 1. The summed E-state index contributed by atoms with van der Waals surface area (Å²) in [7, 11) is 0. The Morgan fingerprint density at radius 1 is 1.11 bits per heavy atom. The SMILES string of the molecule is Nc1cc(NC(=O)c2ccc(Cl)cc2Br)ccc1Br. The van der Waals surface area contributed by atoms with E-state index in [0.717, 1.165) is 4.47 Å². The third-order valence-corrected chi connectivity index (χ3v) is 4.04. The number of nitrogen functional groups attached to an aromatic ring is 1. The van der Waals surface area contributed by atoms with E-state index in [1.54, 1.807) is 36.4 Å². The molecule has 3 N–H and O–H groups in total. The van der Waals surface area contributed by atoms with Gasteiger partial charge in [0, 0.05) is 25.3 Å². The number of benzene rings is 2. The lowest BCUT2D eigenvalue weighted by molar-refractivity contribution is 0.102. The summed E-state index contributed by atoms with van der Waals surface area (Å²) >= 11 is 12.4. The van der Waals surface area contributed by atoms with Gasteiger partial charge in [0.25, 0.3) is 5.91 Å². The maximum absolute atomic E-state index is 12.1. The molecule has 2 aromatic carbocycles. The molecule has 0 atom stereocenters. The van der Waals surface area contributed by atoms with E-state index < -0.39 is 0 Å². The van der Waals surface area contributed by atoms with E-state index in [0.29, 0.717) is 26.4 Å². The van der Waals surface area contributed by atoms with Crippen LogP contribution in [0.3, 0.4) is 0 Å². The highest BCUT2D eigenvalue weighted by Crippen LogP contribution is 2.25. The van der Waals surface area contributed by atoms with E-state index in [1.807, 2.05) is 0 Å². The van der Waals surface area contributed by atoms with Gasteiger partial charge < -0.3 is 11.1 Å². The standard InChI is InChI=1S/C13H9Br2ClN2O/c14-10-4-2-8(6-12(10)17)18-13(19)9-3-1-7(16)5-11(9)15/h1-6H,17H2,(H,18,19). The van der Waals surface area contributed by atoms with Gasteiger partial charge in [0.1, 0.15) is 0 Å². The van der Waals surface area contributed by atoms with Crippen molar-refractivity contribution < 1.29 is 4.79 Å². The van der Waals surface area contributed by atoms with Crippen LogP contribution in [0.25, 0.3) is 0 Å². The monoisotopic (exact) mass is 402 g/mol. The molecule has 6 heteroatoms. The molecule has 0 radical (unpaired) electrons. The molecule has 0 aliphatic heterocycles. The Morgan fingerprint density at radius 2 is 1.84 bits per heavy atom. The number of rotatable bonds is 2. The minimum atomic E-state index is -0.231. The van der Waals surface area contributed by atoms with Crippen molar-refractivity contribution in [1.82, 2.24) is 0 Å². The number of carbonyl (C=O) groups is 1. The molecule has 0 saturated heterocycles. The topological polar surface area (TPSA) is 55.1 Å². The number of anilines is 2. The lowest BCUT2D eigenvalue weighted by atomic mass is 10.2. The number of hydrogen-bond acceptors (Lipinski definition) is 2. The summed E-state index contributed by atoms with van der Waals surface area (Å²) in [6.07, 6.45) is 0. The summed E-state index contributed by atoms with van der Waals surface area (Å²) in [5.41, 5.74) is 7.46. The Balaban J connectivity index is 2.23. The van der Waals surface area contributed by atoms with Crippen LogP contribution in [0.15, 0.2) is 45.3 Å². The molecule has 0 aliphatic rings. The first-order chi connectivity index (χ1) is 8.97. The van der Waals surface area contributed by atoms with Gasteiger partial charge in [-0.25, -0.2) is 0 Å². The van der Waals surface area contributed by atoms with Crippen molar-refractivity contribution in [3.63, 3.8) is 0 Å². The Hall–Kier alpha value is -1.04. The van der Waals surface area contributed by atoms with Crippen LogP contribution in [0.4, 0.5) is 11.4 Å². The molecule has 0 aromatic heterocycles. The normalized spacial score (nSPS) is 10.3. The van der Waals surface area contributed by atoms with Crippen LogP contribution in [0, 0.1) is 0 Å². The fourth-order valence-corrected chi connectivity index (χ4v) is 2.60. The summed E-state index contributed by atoms with van der Waals surface area (Å²) in [4.78, 5) is 12.1. The third-order valence-electron chi connectivity index (χ3n) is 2.43. The molecular formula is C13H9Br2ClN2O. The quantitative estimate of drug-likeness (QED) is 0.713. The van der Waals surface area contributed by atoms with Gasteiger partial charge in [0.15, 0.2) is 0 Å². The zero-order chi connectivity index (χ0) is 14.0. The van der Waals surface area contributed by atoms with Gasteiger partial charge in [-0.05, 0) is 68.3 Å². The number of halogens is 3. The van der Waals surface area contributed by atoms with Gasteiger partial charge in [-0.2, -0.15) is 0 Å². The second-order valence-corrected chi connectivity index (χ2v) is 5.96. The van der Waals surface area contributed by atoms with Crippen LogP contribution in [-0.2, 0) is 0 Å². The first-order valence-corrected chi connectivity index (χ1v) is 7.25. The number of hydrogen-bond donors (Lipinski definition) is 2.